The van der Waals surface area contributed by atoms with Crippen molar-refractivity contribution < 1.29 is 5.11 Å². The molecule has 19 heavy (non-hydrogen) atoms. The van der Waals surface area contributed by atoms with Crippen LogP contribution in [0.2, 0.25) is 0 Å². The fourth-order valence-corrected chi connectivity index (χ4v) is 2.71. The van der Waals surface area contributed by atoms with E-state index in [9.17, 15) is 5.11 Å². The van der Waals surface area contributed by atoms with Crippen molar-refractivity contribution in [1.82, 2.24) is 4.98 Å². The minimum Gasteiger partial charge on any atom is -0.392 e. The van der Waals surface area contributed by atoms with Gasteiger partial charge in [-0.15, -0.1) is 0 Å². The first-order chi connectivity index (χ1) is 9.36. The molecule has 1 aliphatic rings. The van der Waals surface area contributed by atoms with Gasteiger partial charge in [0.2, 0.25) is 0 Å². The van der Waals surface area contributed by atoms with Crippen LogP contribution in [0, 0.1) is 0 Å². The predicted octanol–water partition coefficient (Wildman–Crippen LogP) is 3.06. The van der Waals surface area contributed by atoms with Crippen LogP contribution in [0.4, 0.5) is 5.69 Å². The Labute approximate surface area is 113 Å². The largest absolute Gasteiger partial charge is 0.392 e. The summed E-state index contributed by atoms with van der Waals surface area (Å²) in [4.78, 5) is 4.53. The van der Waals surface area contributed by atoms with Gasteiger partial charge >= 0.3 is 0 Å². The van der Waals surface area contributed by atoms with Gasteiger partial charge in [-0.1, -0.05) is 18.2 Å². The molecule has 0 fully saturated rings. The molecular formula is C16H18N2O. The number of nitrogens with one attached hydrogen (secondary N) is 1. The van der Waals surface area contributed by atoms with E-state index in [4.69, 9.17) is 0 Å². The summed E-state index contributed by atoms with van der Waals surface area (Å²) in [5.74, 6) is 0. The Morgan fingerprint density at radius 1 is 1.26 bits per heavy atom. The SMILES string of the molecule is OCc1cccc(NC2CCCc3cccnc32)c1. The van der Waals surface area contributed by atoms with E-state index in [0.29, 0.717) is 0 Å². The predicted molar refractivity (Wildman–Crippen MR) is 75.9 cm³/mol. The molecule has 0 bridgehead atoms. The summed E-state index contributed by atoms with van der Waals surface area (Å²) in [6, 6.07) is 12.4. The van der Waals surface area contributed by atoms with Crippen LogP contribution >= 0.6 is 0 Å². The maximum atomic E-state index is 9.19. The van der Waals surface area contributed by atoms with E-state index >= 15 is 0 Å². The molecule has 0 amide bonds. The summed E-state index contributed by atoms with van der Waals surface area (Å²) in [7, 11) is 0. The van der Waals surface area contributed by atoms with Crippen molar-refractivity contribution in [1.29, 1.82) is 0 Å². The third kappa shape index (κ3) is 2.61. The molecule has 2 aromatic rings. The zero-order valence-corrected chi connectivity index (χ0v) is 10.8. The van der Waals surface area contributed by atoms with E-state index in [2.05, 4.69) is 16.4 Å². The molecule has 0 saturated carbocycles. The highest BCUT2D eigenvalue weighted by Gasteiger charge is 2.20. The topological polar surface area (TPSA) is 45.1 Å². The number of pyridine rings is 1. The maximum absolute atomic E-state index is 9.19. The highest BCUT2D eigenvalue weighted by atomic mass is 16.3. The number of nitrogens with zero attached hydrogens (tertiary/aromatic N) is 1. The Morgan fingerprint density at radius 2 is 2.21 bits per heavy atom. The molecule has 3 rings (SSSR count). The fourth-order valence-electron chi connectivity index (χ4n) is 2.71. The lowest BCUT2D eigenvalue weighted by Gasteiger charge is -2.26. The Bertz CT molecular complexity index is 568. The Balaban J connectivity index is 1.84. The van der Waals surface area contributed by atoms with Crippen molar-refractivity contribution in [3.63, 3.8) is 0 Å². The number of hydrogen-bond donors (Lipinski definition) is 2. The number of rotatable bonds is 3. The molecule has 2 N–H and O–H groups in total. The number of aryl methyl sites for hydroxylation is 1. The number of hydrogen-bond acceptors (Lipinski definition) is 3. The van der Waals surface area contributed by atoms with Crippen molar-refractivity contribution in [3.05, 3.63) is 59.4 Å². The summed E-state index contributed by atoms with van der Waals surface area (Å²) >= 11 is 0. The number of aliphatic hydroxyl groups is 1. The smallest absolute Gasteiger partial charge is 0.0688 e. The van der Waals surface area contributed by atoms with Crippen LogP contribution in [0.15, 0.2) is 42.6 Å². The molecule has 1 heterocycles. The van der Waals surface area contributed by atoms with E-state index in [1.807, 2.05) is 36.5 Å². The summed E-state index contributed by atoms with van der Waals surface area (Å²) in [6.45, 7) is 0.0784. The number of benzene rings is 1. The van der Waals surface area contributed by atoms with Crippen LogP contribution in [-0.4, -0.2) is 10.1 Å². The lowest BCUT2D eigenvalue weighted by molar-refractivity contribution is 0.282. The zero-order chi connectivity index (χ0) is 13.1. The van der Waals surface area contributed by atoms with Crippen LogP contribution in [-0.2, 0) is 13.0 Å². The minimum atomic E-state index is 0.0784. The molecule has 1 aromatic heterocycles. The molecule has 98 valence electrons. The molecule has 1 atom stereocenters. The number of aliphatic hydroxyl groups excluding tert-OH is 1. The second kappa shape index (κ2) is 5.41. The summed E-state index contributed by atoms with van der Waals surface area (Å²) < 4.78 is 0. The number of aromatic nitrogens is 1. The van der Waals surface area contributed by atoms with Gasteiger partial charge in [0, 0.05) is 11.9 Å². The summed E-state index contributed by atoms with van der Waals surface area (Å²) in [5.41, 5.74) is 4.50. The summed E-state index contributed by atoms with van der Waals surface area (Å²) in [5, 5.41) is 12.7. The molecule has 1 aliphatic carbocycles. The van der Waals surface area contributed by atoms with Gasteiger partial charge in [0.1, 0.15) is 0 Å². The van der Waals surface area contributed by atoms with Crippen LogP contribution in [0.25, 0.3) is 0 Å². The van der Waals surface area contributed by atoms with Gasteiger partial charge in [-0.25, -0.2) is 0 Å². The molecule has 0 radical (unpaired) electrons. The van der Waals surface area contributed by atoms with Gasteiger partial charge in [-0.2, -0.15) is 0 Å². The summed E-state index contributed by atoms with van der Waals surface area (Å²) in [6.07, 6.45) is 5.28. The lowest BCUT2D eigenvalue weighted by Crippen LogP contribution is -2.18. The van der Waals surface area contributed by atoms with Crippen molar-refractivity contribution >= 4 is 5.69 Å². The van der Waals surface area contributed by atoms with E-state index in [-0.39, 0.29) is 12.6 Å². The highest BCUT2D eigenvalue weighted by Crippen LogP contribution is 2.30. The van der Waals surface area contributed by atoms with Gasteiger partial charge in [-0.3, -0.25) is 4.98 Å². The van der Waals surface area contributed by atoms with Gasteiger partial charge in [0.15, 0.2) is 0 Å². The standard InChI is InChI=1S/C16H18N2O/c19-11-12-4-1-7-14(10-12)18-15-8-2-5-13-6-3-9-17-16(13)15/h1,3-4,6-7,9-10,15,18-19H,2,5,8,11H2. The number of anilines is 1. The molecule has 0 saturated heterocycles. The Morgan fingerprint density at radius 3 is 3.11 bits per heavy atom. The van der Waals surface area contributed by atoms with Gasteiger partial charge in [0.25, 0.3) is 0 Å². The van der Waals surface area contributed by atoms with E-state index in [1.54, 1.807) is 0 Å². The van der Waals surface area contributed by atoms with E-state index in [1.165, 1.54) is 17.7 Å². The molecular weight excluding hydrogens is 236 g/mol. The van der Waals surface area contributed by atoms with Crippen molar-refractivity contribution in [2.24, 2.45) is 0 Å². The normalized spacial score (nSPS) is 17.8. The first-order valence-electron chi connectivity index (χ1n) is 6.77. The van der Waals surface area contributed by atoms with Crippen LogP contribution in [0.5, 0.6) is 0 Å². The molecule has 0 spiro atoms. The quantitative estimate of drug-likeness (QED) is 0.884. The fraction of sp³-hybridized carbons (Fsp3) is 0.312. The maximum Gasteiger partial charge on any atom is 0.0688 e. The molecule has 3 heteroatoms. The van der Waals surface area contributed by atoms with Crippen molar-refractivity contribution in [3.8, 4) is 0 Å². The molecule has 1 unspecified atom stereocenters. The average molecular weight is 254 g/mol. The third-order valence-electron chi connectivity index (χ3n) is 3.65. The monoisotopic (exact) mass is 254 g/mol. The highest BCUT2D eigenvalue weighted by molar-refractivity contribution is 5.48. The Hall–Kier alpha value is -1.87. The van der Waals surface area contributed by atoms with E-state index in [0.717, 1.165) is 24.1 Å². The molecule has 0 aliphatic heterocycles. The van der Waals surface area contributed by atoms with Gasteiger partial charge < -0.3 is 10.4 Å². The molecule has 1 aromatic carbocycles. The van der Waals surface area contributed by atoms with Crippen LogP contribution < -0.4 is 5.32 Å². The second-order valence-corrected chi connectivity index (χ2v) is 5.00. The van der Waals surface area contributed by atoms with Crippen LogP contribution in [0.3, 0.4) is 0 Å². The minimum absolute atomic E-state index is 0.0784. The molecule has 3 nitrogen and oxygen atoms in total. The first-order valence-corrected chi connectivity index (χ1v) is 6.77. The lowest BCUT2D eigenvalue weighted by atomic mass is 9.91. The number of fused-ring (bicyclic) bond motifs is 1. The van der Waals surface area contributed by atoms with Crippen molar-refractivity contribution in [2.45, 2.75) is 31.9 Å². The first kappa shape index (κ1) is 12.2. The van der Waals surface area contributed by atoms with Gasteiger partial charge in [0.05, 0.1) is 18.3 Å². The van der Waals surface area contributed by atoms with Crippen LogP contribution in [0.1, 0.15) is 35.7 Å². The van der Waals surface area contributed by atoms with Gasteiger partial charge in [-0.05, 0) is 48.6 Å². The van der Waals surface area contributed by atoms with Crippen molar-refractivity contribution in [2.75, 3.05) is 5.32 Å². The van der Waals surface area contributed by atoms with E-state index < -0.39 is 0 Å². The third-order valence-corrected chi connectivity index (χ3v) is 3.65. The average Bonchev–Trinajstić information content (AvgIpc) is 2.48. The zero-order valence-electron chi connectivity index (χ0n) is 10.8. The Kier molecular flexibility index (Phi) is 3.47. The second-order valence-electron chi connectivity index (χ2n) is 5.00.